The van der Waals surface area contributed by atoms with Gasteiger partial charge in [0.2, 0.25) is 0 Å². The van der Waals surface area contributed by atoms with E-state index < -0.39 is 0 Å². The van der Waals surface area contributed by atoms with Crippen molar-refractivity contribution in [1.29, 1.82) is 0 Å². The minimum atomic E-state index is 0.261. The second-order valence-electron chi connectivity index (χ2n) is 4.06. The number of carbonyl (C=O) groups is 1. The molecule has 0 amide bonds. The molecule has 0 saturated heterocycles. The Labute approximate surface area is 61.8 Å². The van der Waals surface area contributed by atoms with Gasteiger partial charge in [0, 0.05) is 12.3 Å². The van der Waals surface area contributed by atoms with Crippen molar-refractivity contribution in [2.24, 2.45) is 11.3 Å². The first-order valence-electron chi connectivity index (χ1n) is 4.02. The molecular weight excluding hydrogens is 124 g/mol. The zero-order chi connectivity index (χ0) is 7.35. The SMILES string of the molecule is CC1(C)[C]2CC[C@@H]1CC2=O. The molecule has 1 nitrogen and oxygen atoms in total. The Morgan fingerprint density at radius 1 is 1.50 bits per heavy atom. The fourth-order valence-electron chi connectivity index (χ4n) is 2.45. The summed E-state index contributed by atoms with van der Waals surface area (Å²) in [6, 6.07) is 0. The van der Waals surface area contributed by atoms with Gasteiger partial charge in [-0.05, 0) is 24.2 Å². The molecule has 2 saturated carbocycles. The van der Waals surface area contributed by atoms with E-state index in [0.717, 1.165) is 12.8 Å². The summed E-state index contributed by atoms with van der Waals surface area (Å²) < 4.78 is 0. The zero-order valence-corrected chi connectivity index (χ0v) is 6.61. The van der Waals surface area contributed by atoms with Crippen LogP contribution in [-0.2, 0) is 4.79 Å². The molecule has 0 heterocycles. The van der Waals surface area contributed by atoms with Crippen molar-refractivity contribution in [3.63, 3.8) is 0 Å². The average molecular weight is 137 g/mol. The van der Waals surface area contributed by atoms with Crippen LogP contribution >= 0.6 is 0 Å². The van der Waals surface area contributed by atoms with Crippen LogP contribution in [-0.4, -0.2) is 5.78 Å². The molecule has 2 aliphatic rings. The Balaban J connectivity index is 2.35. The molecule has 55 valence electrons. The van der Waals surface area contributed by atoms with Crippen LogP contribution in [0.3, 0.4) is 0 Å². The minimum Gasteiger partial charge on any atom is -0.299 e. The van der Waals surface area contributed by atoms with Crippen LogP contribution in [0.25, 0.3) is 0 Å². The Morgan fingerprint density at radius 3 is 2.40 bits per heavy atom. The van der Waals surface area contributed by atoms with Gasteiger partial charge in [-0.1, -0.05) is 13.8 Å². The van der Waals surface area contributed by atoms with Crippen LogP contribution in [0.5, 0.6) is 0 Å². The molecule has 1 atom stereocenters. The second-order valence-corrected chi connectivity index (χ2v) is 4.06. The van der Waals surface area contributed by atoms with Crippen molar-refractivity contribution in [2.75, 3.05) is 0 Å². The largest absolute Gasteiger partial charge is 0.299 e. The lowest BCUT2D eigenvalue weighted by Crippen LogP contribution is -2.16. The molecule has 2 rings (SSSR count). The van der Waals surface area contributed by atoms with Gasteiger partial charge >= 0.3 is 0 Å². The van der Waals surface area contributed by atoms with Crippen molar-refractivity contribution in [2.45, 2.75) is 33.1 Å². The lowest BCUT2D eigenvalue weighted by Gasteiger charge is -2.21. The summed E-state index contributed by atoms with van der Waals surface area (Å²) >= 11 is 0. The molecule has 0 aromatic carbocycles. The normalized spacial score (nSPS) is 37.4. The van der Waals surface area contributed by atoms with E-state index in [9.17, 15) is 4.79 Å². The highest BCUT2D eigenvalue weighted by Gasteiger charge is 2.53. The number of ketones is 1. The molecule has 0 N–H and O–H groups in total. The Kier molecular flexibility index (Phi) is 1.04. The van der Waals surface area contributed by atoms with Crippen molar-refractivity contribution in [3.05, 3.63) is 5.92 Å². The number of rotatable bonds is 0. The van der Waals surface area contributed by atoms with E-state index in [1.807, 2.05) is 0 Å². The minimum absolute atomic E-state index is 0.261. The lowest BCUT2D eigenvalue weighted by atomic mass is 9.82. The van der Waals surface area contributed by atoms with E-state index in [1.165, 1.54) is 12.3 Å². The van der Waals surface area contributed by atoms with Gasteiger partial charge in [0.25, 0.3) is 0 Å². The Bertz CT molecular complexity index is 181. The van der Waals surface area contributed by atoms with Crippen LogP contribution < -0.4 is 0 Å². The maximum Gasteiger partial charge on any atom is 0.140 e. The van der Waals surface area contributed by atoms with Gasteiger partial charge in [0.15, 0.2) is 0 Å². The van der Waals surface area contributed by atoms with Crippen LogP contribution in [0, 0.1) is 17.3 Å². The van der Waals surface area contributed by atoms with Crippen LogP contribution in [0.4, 0.5) is 0 Å². The molecule has 2 fully saturated rings. The summed E-state index contributed by atoms with van der Waals surface area (Å²) in [5, 5.41) is 0. The molecule has 2 aliphatic carbocycles. The maximum absolute atomic E-state index is 11.2. The van der Waals surface area contributed by atoms with E-state index in [-0.39, 0.29) is 5.41 Å². The maximum atomic E-state index is 11.2. The predicted molar refractivity (Wildman–Crippen MR) is 39.4 cm³/mol. The van der Waals surface area contributed by atoms with E-state index in [2.05, 4.69) is 13.8 Å². The number of Topliss-reactive ketones (excluding diaryl/α,β-unsaturated/α-hetero) is 1. The van der Waals surface area contributed by atoms with Gasteiger partial charge in [-0.15, -0.1) is 0 Å². The van der Waals surface area contributed by atoms with Gasteiger partial charge in [-0.2, -0.15) is 0 Å². The smallest absolute Gasteiger partial charge is 0.140 e. The van der Waals surface area contributed by atoms with Crippen molar-refractivity contribution < 1.29 is 4.79 Å². The molecule has 2 bridgehead atoms. The summed E-state index contributed by atoms with van der Waals surface area (Å²) in [4.78, 5) is 11.2. The van der Waals surface area contributed by atoms with Crippen LogP contribution in [0.15, 0.2) is 0 Å². The molecule has 0 unspecified atom stereocenters. The number of hydrogen-bond donors (Lipinski definition) is 0. The fourth-order valence-corrected chi connectivity index (χ4v) is 2.45. The lowest BCUT2D eigenvalue weighted by molar-refractivity contribution is -0.117. The third kappa shape index (κ3) is 0.561. The van der Waals surface area contributed by atoms with Crippen LogP contribution in [0.2, 0.25) is 0 Å². The zero-order valence-electron chi connectivity index (χ0n) is 6.61. The van der Waals surface area contributed by atoms with Gasteiger partial charge in [0.1, 0.15) is 5.78 Å². The first-order valence-corrected chi connectivity index (χ1v) is 4.02. The summed E-state index contributed by atoms with van der Waals surface area (Å²) in [5.74, 6) is 2.34. The van der Waals surface area contributed by atoms with E-state index in [0.29, 0.717) is 11.7 Å². The summed E-state index contributed by atoms with van der Waals surface area (Å²) in [7, 11) is 0. The molecule has 0 aliphatic heterocycles. The van der Waals surface area contributed by atoms with E-state index >= 15 is 0 Å². The molecule has 1 heteroatoms. The van der Waals surface area contributed by atoms with Crippen molar-refractivity contribution >= 4 is 5.78 Å². The van der Waals surface area contributed by atoms with Gasteiger partial charge in [-0.25, -0.2) is 0 Å². The summed E-state index contributed by atoms with van der Waals surface area (Å²) in [6.45, 7) is 4.43. The standard InChI is InChI=1S/C9H13O/c1-9(2)6-3-4-7(9)8(10)5-6/h6H,3-5H2,1-2H3/t6-/m1/s1. The molecule has 10 heavy (non-hydrogen) atoms. The third-order valence-corrected chi connectivity index (χ3v) is 3.31. The first kappa shape index (κ1) is 6.38. The molecule has 1 radical (unpaired) electrons. The number of carbonyl (C=O) groups excluding carboxylic acids is 1. The summed E-state index contributed by atoms with van der Waals surface area (Å²) in [6.07, 6.45) is 3.17. The highest BCUT2D eigenvalue weighted by atomic mass is 16.1. The number of fused-ring (bicyclic) bond motifs is 2. The first-order chi connectivity index (χ1) is 4.62. The second kappa shape index (κ2) is 1.63. The quantitative estimate of drug-likeness (QED) is 0.499. The van der Waals surface area contributed by atoms with E-state index in [4.69, 9.17) is 0 Å². The predicted octanol–water partition coefficient (Wildman–Crippen LogP) is 1.97. The van der Waals surface area contributed by atoms with E-state index in [1.54, 1.807) is 0 Å². The monoisotopic (exact) mass is 137 g/mol. The highest BCUT2D eigenvalue weighted by molar-refractivity contribution is 5.97. The molecular formula is C9H13O. The molecule has 0 spiro atoms. The van der Waals surface area contributed by atoms with Crippen LogP contribution in [0.1, 0.15) is 33.1 Å². The van der Waals surface area contributed by atoms with Gasteiger partial charge < -0.3 is 0 Å². The molecule has 0 aromatic heterocycles. The highest BCUT2D eigenvalue weighted by Crippen LogP contribution is 2.56. The number of hydrogen-bond acceptors (Lipinski definition) is 1. The van der Waals surface area contributed by atoms with Crippen molar-refractivity contribution in [1.82, 2.24) is 0 Å². The van der Waals surface area contributed by atoms with Gasteiger partial charge in [-0.3, -0.25) is 4.79 Å². The fraction of sp³-hybridized carbons (Fsp3) is 0.778. The van der Waals surface area contributed by atoms with Crippen molar-refractivity contribution in [3.8, 4) is 0 Å². The average Bonchev–Trinajstić information content (AvgIpc) is 2.20. The Morgan fingerprint density at radius 2 is 2.20 bits per heavy atom. The topological polar surface area (TPSA) is 17.1 Å². The third-order valence-electron chi connectivity index (χ3n) is 3.31. The Hall–Kier alpha value is -0.330. The van der Waals surface area contributed by atoms with Gasteiger partial charge in [0.05, 0.1) is 0 Å². The molecule has 0 aromatic rings. The summed E-state index contributed by atoms with van der Waals surface area (Å²) in [5.41, 5.74) is 0.261.